The number of rotatable bonds is 7. The van der Waals surface area contributed by atoms with E-state index in [1.807, 2.05) is 0 Å². The standard InChI is InChI=1S/C20H24N8O4/c29-28(30)17-5-1-3-16(15-17)4-2-6-21-25-18-22-19(26-7-11-31-12-8-26)24-20(23-18)27-9-13-32-14-10-27/h1-6,15H,7-14H2,(H,22,23,24,25)/b4-2+,21-6+. The highest BCUT2D eigenvalue weighted by atomic mass is 16.6. The molecule has 0 saturated carbocycles. The number of benzene rings is 1. The van der Waals surface area contributed by atoms with Crippen molar-refractivity contribution < 1.29 is 14.4 Å². The predicted molar refractivity (Wildman–Crippen MR) is 120 cm³/mol. The second-order valence-electron chi connectivity index (χ2n) is 7.06. The fraction of sp³-hybridized carbons (Fsp3) is 0.400. The molecule has 0 radical (unpaired) electrons. The number of non-ortho nitro benzene ring substituents is 1. The summed E-state index contributed by atoms with van der Waals surface area (Å²) in [5.74, 6) is 1.49. The molecule has 2 fully saturated rings. The summed E-state index contributed by atoms with van der Waals surface area (Å²) in [5.41, 5.74) is 3.60. The Morgan fingerprint density at radius 1 is 1.00 bits per heavy atom. The highest BCUT2D eigenvalue weighted by Crippen LogP contribution is 2.19. The molecule has 1 N–H and O–H groups in total. The summed E-state index contributed by atoms with van der Waals surface area (Å²) < 4.78 is 10.8. The van der Waals surface area contributed by atoms with E-state index < -0.39 is 4.92 Å². The van der Waals surface area contributed by atoms with Gasteiger partial charge in [-0.25, -0.2) is 5.43 Å². The van der Waals surface area contributed by atoms with Gasteiger partial charge in [-0.1, -0.05) is 18.2 Å². The van der Waals surface area contributed by atoms with Crippen molar-refractivity contribution in [3.8, 4) is 0 Å². The fourth-order valence-corrected chi connectivity index (χ4v) is 3.25. The van der Waals surface area contributed by atoms with Crippen molar-refractivity contribution in [1.82, 2.24) is 15.0 Å². The molecule has 2 saturated heterocycles. The Bertz CT molecular complexity index is 951. The van der Waals surface area contributed by atoms with Crippen molar-refractivity contribution in [2.75, 3.05) is 67.8 Å². The molecule has 168 valence electrons. The van der Waals surface area contributed by atoms with Gasteiger partial charge in [0.2, 0.25) is 17.8 Å². The first-order valence-corrected chi connectivity index (χ1v) is 10.3. The number of anilines is 3. The molecule has 0 bridgehead atoms. The van der Waals surface area contributed by atoms with Crippen molar-refractivity contribution in [2.24, 2.45) is 5.10 Å². The molecule has 1 aromatic carbocycles. The van der Waals surface area contributed by atoms with Gasteiger partial charge in [-0.3, -0.25) is 10.1 Å². The van der Waals surface area contributed by atoms with Gasteiger partial charge in [0.25, 0.3) is 5.69 Å². The SMILES string of the molecule is O=[N+]([O-])c1cccc(/C=C/C=N/Nc2nc(N3CCOCC3)nc(N3CCOCC3)n2)c1. The topological polar surface area (TPSA) is 131 Å². The van der Waals surface area contributed by atoms with Crippen LogP contribution in [0.5, 0.6) is 0 Å². The number of allylic oxidation sites excluding steroid dienone is 1. The number of nitro groups is 1. The molecule has 12 heteroatoms. The van der Waals surface area contributed by atoms with Crippen molar-refractivity contribution in [1.29, 1.82) is 0 Å². The second-order valence-corrected chi connectivity index (χ2v) is 7.06. The Kier molecular flexibility index (Phi) is 7.15. The van der Waals surface area contributed by atoms with Gasteiger partial charge in [-0.2, -0.15) is 20.1 Å². The van der Waals surface area contributed by atoms with Crippen LogP contribution < -0.4 is 15.2 Å². The summed E-state index contributed by atoms with van der Waals surface area (Å²) in [6.07, 6.45) is 4.94. The van der Waals surface area contributed by atoms with E-state index in [2.05, 4.69) is 35.3 Å². The lowest BCUT2D eigenvalue weighted by atomic mass is 10.2. The first-order valence-electron chi connectivity index (χ1n) is 10.3. The first kappa shape index (κ1) is 21.6. The molecule has 3 heterocycles. The predicted octanol–water partition coefficient (Wildman–Crippen LogP) is 1.56. The molecule has 0 spiro atoms. The Morgan fingerprint density at radius 3 is 2.22 bits per heavy atom. The van der Waals surface area contributed by atoms with Crippen molar-refractivity contribution in [3.63, 3.8) is 0 Å². The summed E-state index contributed by atoms with van der Waals surface area (Å²) in [4.78, 5) is 28.2. The van der Waals surface area contributed by atoms with E-state index in [9.17, 15) is 10.1 Å². The second kappa shape index (κ2) is 10.6. The number of ether oxygens (including phenoxy) is 2. The van der Waals surface area contributed by atoms with Crippen LogP contribution >= 0.6 is 0 Å². The largest absolute Gasteiger partial charge is 0.378 e. The van der Waals surface area contributed by atoms with E-state index in [0.29, 0.717) is 76.0 Å². The van der Waals surface area contributed by atoms with Gasteiger partial charge in [0.05, 0.1) is 31.4 Å². The summed E-state index contributed by atoms with van der Waals surface area (Å²) in [7, 11) is 0. The Labute approximate surface area is 184 Å². The monoisotopic (exact) mass is 440 g/mol. The molecular formula is C20H24N8O4. The Balaban J connectivity index is 1.46. The van der Waals surface area contributed by atoms with Crippen molar-refractivity contribution in [2.45, 2.75) is 0 Å². The maximum Gasteiger partial charge on any atom is 0.270 e. The third-order valence-electron chi connectivity index (χ3n) is 4.89. The lowest BCUT2D eigenvalue weighted by molar-refractivity contribution is -0.384. The van der Waals surface area contributed by atoms with E-state index in [4.69, 9.17) is 9.47 Å². The minimum atomic E-state index is -0.425. The lowest BCUT2D eigenvalue weighted by Gasteiger charge is -2.30. The summed E-state index contributed by atoms with van der Waals surface area (Å²) >= 11 is 0. The van der Waals surface area contributed by atoms with Gasteiger partial charge in [0.1, 0.15) is 0 Å². The van der Waals surface area contributed by atoms with Crippen LogP contribution in [-0.4, -0.2) is 78.7 Å². The van der Waals surface area contributed by atoms with E-state index in [0.717, 1.165) is 0 Å². The smallest absolute Gasteiger partial charge is 0.270 e. The minimum Gasteiger partial charge on any atom is -0.378 e. The third kappa shape index (κ3) is 5.74. The number of aromatic nitrogens is 3. The molecule has 2 aliphatic heterocycles. The molecule has 32 heavy (non-hydrogen) atoms. The van der Waals surface area contributed by atoms with Crippen molar-refractivity contribution in [3.05, 3.63) is 46.0 Å². The highest BCUT2D eigenvalue weighted by molar-refractivity contribution is 5.79. The molecule has 2 aliphatic rings. The average molecular weight is 440 g/mol. The number of hydrogen-bond acceptors (Lipinski definition) is 11. The minimum absolute atomic E-state index is 0.0404. The maximum absolute atomic E-state index is 10.9. The number of nitrogens with one attached hydrogen (secondary N) is 1. The van der Waals surface area contributed by atoms with Gasteiger partial charge >= 0.3 is 0 Å². The van der Waals surface area contributed by atoms with Crippen molar-refractivity contribution >= 4 is 35.8 Å². The summed E-state index contributed by atoms with van der Waals surface area (Å²) in [5, 5.41) is 15.0. The average Bonchev–Trinajstić information content (AvgIpc) is 2.85. The third-order valence-corrected chi connectivity index (χ3v) is 4.89. The quantitative estimate of drug-likeness (QED) is 0.384. The van der Waals surface area contributed by atoms with Gasteiger partial charge in [0.15, 0.2) is 0 Å². The number of nitrogens with zero attached hydrogens (tertiary/aromatic N) is 7. The van der Waals surface area contributed by atoms with Crippen LogP contribution in [0.1, 0.15) is 5.56 Å². The normalized spacial score (nSPS) is 17.2. The van der Waals surface area contributed by atoms with E-state index in [1.54, 1.807) is 24.3 Å². The van der Waals surface area contributed by atoms with E-state index in [-0.39, 0.29) is 5.69 Å². The molecule has 2 aromatic rings. The number of nitro benzene ring substituents is 1. The van der Waals surface area contributed by atoms with Gasteiger partial charge in [-0.05, 0) is 11.6 Å². The summed E-state index contributed by atoms with van der Waals surface area (Å²) in [6, 6.07) is 6.36. The van der Waals surface area contributed by atoms with Crippen LogP contribution in [0, 0.1) is 10.1 Å². The molecule has 0 amide bonds. The van der Waals surface area contributed by atoms with Crippen LogP contribution in [0.3, 0.4) is 0 Å². The Morgan fingerprint density at radius 2 is 1.62 bits per heavy atom. The van der Waals surface area contributed by atoms with Crippen LogP contribution in [0.2, 0.25) is 0 Å². The number of hydrogen-bond donors (Lipinski definition) is 1. The number of morpholine rings is 2. The molecule has 0 unspecified atom stereocenters. The zero-order valence-corrected chi connectivity index (χ0v) is 17.5. The summed E-state index contributed by atoms with van der Waals surface area (Å²) in [6.45, 7) is 5.35. The zero-order valence-electron chi connectivity index (χ0n) is 17.5. The lowest BCUT2D eigenvalue weighted by Crippen LogP contribution is -2.40. The molecule has 1 aromatic heterocycles. The first-order chi connectivity index (χ1) is 15.7. The molecule has 4 rings (SSSR count). The van der Waals surface area contributed by atoms with E-state index in [1.165, 1.54) is 18.3 Å². The highest BCUT2D eigenvalue weighted by Gasteiger charge is 2.20. The van der Waals surface area contributed by atoms with Crippen LogP contribution in [0.4, 0.5) is 23.5 Å². The number of hydrazone groups is 1. The van der Waals surface area contributed by atoms with Gasteiger partial charge in [-0.15, -0.1) is 0 Å². The van der Waals surface area contributed by atoms with Crippen LogP contribution in [-0.2, 0) is 9.47 Å². The van der Waals surface area contributed by atoms with Gasteiger partial charge < -0.3 is 19.3 Å². The van der Waals surface area contributed by atoms with Crippen LogP contribution in [0.25, 0.3) is 6.08 Å². The zero-order chi connectivity index (χ0) is 22.2. The Hall–Kier alpha value is -3.64. The molecule has 0 atom stereocenters. The molecular weight excluding hydrogens is 416 g/mol. The van der Waals surface area contributed by atoms with E-state index >= 15 is 0 Å². The van der Waals surface area contributed by atoms with Gasteiger partial charge in [0, 0.05) is 44.5 Å². The molecule has 12 nitrogen and oxygen atoms in total. The van der Waals surface area contributed by atoms with Crippen LogP contribution in [0.15, 0.2) is 35.4 Å². The fourth-order valence-electron chi connectivity index (χ4n) is 3.25. The molecule has 0 aliphatic carbocycles. The maximum atomic E-state index is 10.9.